The number of hydrogen-bond donors (Lipinski definition) is 0. The Kier molecular flexibility index (Phi) is 34.4. The van der Waals surface area contributed by atoms with Gasteiger partial charge in [0.05, 0.1) is 12.1 Å². The van der Waals surface area contributed by atoms with E-state index in [9.17, 15) is 20.4 Å². The molecule has 4 aromatic rings. The van der Waals surface area contributed by atoms with Crippen LogP contribution in [0.4, 0.5) is 0 Å². The van der Waals surface area contributed by atoms with Gasteiger partial charge >= 0.3 is 37.1 Å². The van der Waals surface area contributed by atoms with Crippen LogP contribution in [-0.4, -0.2) is 74.0 Å². The molecular weight excluding hydrogens is 810 g/mol. The van der Waals surface area contributed by atoms with E-state index >= 15 is 0 Å². The minimum atomic E-state index is 0. The first-order chi connectivity index (χ1) is 25.5. The molecule has 0 spiro atoms. The fourth-order valence-electron chi connectivity index (χ4n) is 5.49. The van der Waals surface area contributed by atoms with Gasteiger partial charge in [0.2, 0.25) is 0 Å². The number of hydrogen-bond acceptors (Lipinski definition) is 10. The van der Waals surface area contributed by atoms with Crippen LogP contribution < -0.4 is 20.4 Å². The van der Waals surface area contributed by atoms with Gasteiger partial charge in [-0.2, -0.15) is 10.5 Å². The van der Waals surface area contributed by atoms with Crippen molar-refractivity contribution in [2.75, 3.05) is 54.4 Å². The van der Waals surface area contributed by atoms with E-state index in [0.717, 1.165) is 70.7 Å². The molecule has 0 aliphatic carbocycles. The third-order valence-electron chi connectivity index (χ3n) is 8.35. The molecule has 0 saturated carbocycles. The molecule has 0 aliphatic rings. The zero-order valence-electron chi connectivity index (χ0n) is 35.6. The Bertz CT molecular complexity index is 1570. The number of likely N-dealkylation sites (N-methyl/N-ethyl adjacent to an activating group) is 4. The van der Waals surface area contributed by atoms with Crippen molar-refractivity contribution in [1.29, 1.82) is 10.5 Å². The fourth-order valence-corrected chi connectivity index (χ4v) is 5.49. The maximum absolute atomic E-state index is 11.9. The Morgan fingerprint density at radius 3 is 0.724 bits per heavy atom. The Labute approximate surface area is 371 Å². The molecule has 0 unspecified atom stereocenters. The van der Waals surface area contributed by atoms with Crippen molar-refractivity contribution in [3.05, 3.63) is 117 Å². The Hall–Kier alpha value is -4.01. The number of benzene rings is 4. The van der Waals surface area contributed by atoms with Gasteiger partial charge in [0, 0.05) is 66.2 Å². The molecule has 12 nitrogen and oxygen atoms in total. The predicted octanol–water partition coefficient (Wildman–Crippen LogP) is 4.85. The van der Waals surface area contributed by atoms with Gasteiger partial charge in [-0.3, -0.25) is 0 Å². The van der Waals surface area contributed by atoms with E-state index in [1.807, 2.05) is 104 Å². The SMILES string of the molecule is CC#N.CC#N.Cc1ccc([O-])c(CN(C)CCN(C)Cc2cc(C)ccc2[O-])c1.Cc1ccc([O-])c(CN(C)CCN(C)Cc2cc(C)ccc2[O-])c1.[O-2].[O-2].[V+4].[V+4]. The van der Waals surface area contributed by atoms with Crippen LogP contribution in [-0.2, 0) is 74.2 Å². The van der Waals surface area contributed by atoms with Crippen LogP contribution >= 0.6 is 0 Å². The number of rotatable bonds is 14. The molecule has 14 heteroatoms. The van der Waals surface area contributed by atoms with E-state index in [-0.39, 0.29) is 71.1 Å². The standard InChI is InChI=1S/2C20H28N2O2.2C2H3N.2O.2V/c2*1-15-5-7-19(23)17(11-15)13-21(3)9-10-22(4)14-18-12-16(2)6-8-20(18)24;2*1-2-3;;;;/h2*5-8,11-12,23-24H,9-10,13-14H2,1-4H3;2*1H3;;;;/q;;;;2*-2;2*+4/p-4. The quantitative estimate of drug-likeness (QED) is 0.168. The van der Waals surface area contributed by atoms with E-state index < -0.39 is 0 Å². The van der Waals surface area contributed by atoms with Crippen molar-refractivity contribution < 1.29 is 68.5 Å². The molecule has 310 valence electrons. The summed E-state index contributed by atoms with van der Waals surface area (Å²) in [6, 6.07) is 25.3. The molecule has 4 rings (SSSR count). The molecule has 0 atom stereocenters. The molecule has 0 bridgehead atoms. The van der Waals surface area contributed by atoms with E-state index in [2.05, 4.69) is 19.6 Å². The zero-order chi connectivity index (χ0) is 40.8. The summed E-state index contributed by atoms with van der Waals surface area (Å²) < 4.78 is 0. The normalized spacial score (nSPS) is 9.72. The first-order valence-corrected chi connectivity index (χ1v) is 17.9. The molecule has 0 fully saturated rings. The zero-order valence-corrected chi connectivity index (χ0v) is 38.4. The monoisotopic (exact) mass is 868 g/mol. The fraction of sp³-hybridized carbons (Fsp3) is 0.409. The van der Waals surface area contributed by atoms with Crippen molar-refractivity contribution >= 4 is 0 Å². The molecule has 0 saturated heterocycles. The van der Waals surface area contributed by atoms with Crippen LogP contribution in [0.25, 0.3) is 0 Å². The average molecular weight is 869 g/mol. The molecule has 0 heterocycles. The average Bonchev–Trinajstić information content (AvgIpc) is 3.10. The van der Waals surface area contributed by atoms with Crippen LogP contribution in [0, 0.1) is 50.4 Å². The van der Waals surface area contributed by atoms with Crippen LogP contribution in [0.5, 0.6) is 23.0 Å². The number of aryl methyl sites for hydroxylation is 4. The van der Waals surface area contributed by atoms with Gasteiger partial charge in [0.15, 0.2) is 0 Å². The minimum Gasteiger partial charge on any atom is -2.00 e. The first-order valence-electron chi connectivity index (χ1n) is 17.9. The largest absolute Gasteiger partial charge is 4.00 e. The second-order valence-corrected chi connectivity index (χ2v) is 13.8. The van der Waals surface area contributed by atoms with Crippen molar-refractivity contribution in [2.45, 2.75) is 67.7 Å². The summed E-state index contributed by atoms with van der Waals surface area (Å²) in [5.74, 6) is 0.376. The van der Waals surface area contributed by atoms with Crippen molar-refractivity contribution in [1.82, 2.24) is 19.6 Å². The minimum absolute atomic E-state index is 0. The van der Waals surface area contributed by atoms with E-state index in [0.29, 0.717) is 26.2 Å². The van der Waals surface area contributed by atoms with Crippen LogP contribution in [0.15, 0.2) is 72.8 Å². The number of nitriles is 2. The Morgan fingerprint density at radius 2 is 0.569 bits per heavy atom. The summed E-state index contributed by atoms with van der Waals surface area (Å²) in [4.78, 5) is 8.56. The van der Waals surface area contributed by atoms with Gasteiger partial charge in [0.1, 0.15) is 0 Å². The second kappa shape index (κ2) is 32.9. The number of nitrogens with zero attached hydrogens (tertiary/aromatic N) is 6. The second-order valence-electron chi connectivity index (χ2n) is 13.8. The van der Waals surface area contributed by atoms with Gasteiger partial charge in [-0.1, -0.05) is 95.1 Å². The van der Waals surface area contributed by atoms with Gasteiger partial charge in [-0.15, -0.1) is 23.0 Å². The summed E-state index contributed by atoms with van der Waals surface area (Å²) >= 11 is 0. The molecule has 58 heavy (non-hydrogen) atoms. The molecule has 4 aromatic carbocycles. The molecule has 0 aliphatic heterocycles. The first kappa shape index (κ1) is 60.7. The Balaban J connectivity index is -0.000000417. The van der Waals surface area contributed by atoms with Gasteiger partial charge < -0.3 is 51.0 Å². The van der Waals surface area contributed by atoms with Gasteiger partial charge in [-0.25, -0.2) is 0 Å². The smallest absolute Gasteiger partial charge is 2.00 e. The molecule has 2 radical (unpaired) electrons. The summed E-state index contributed by atoms with van der Waals surface area (Å²) in [5.41, 5.74) is 7.77. The van der Waals surface area contributed by atoms with E-state index in [1.54, 1.807) is 36.4 Å². The predicted molar refractivity (Wildman–Crippen MR) is 212 cm³/mol. The van der Waals surface area contributed by atoms with Crippen molar-refractivity contribution in [3.8, 4) is 35.1 Å². The van der Waals surface area contributed by atoms with Crippen molar-refractivity contribution in [3.63, 3.8) is 0 Å². The van der Waals surface area contributed by atoms with Gasteiger partial charge in [-0.05, 0) is 78.1 Å². The third-order valence-corrected chi connectivity index (χ3v) is 8.35. The third kappa shape index (κ3) is 24.7. The summed E-state index contributed by atoms with van der Waals surface area (Å²) in [6.45, 7) is 16.8. The van der Waals surface area contributed by atoms with Crippen LogP contribution in [0.1, 0.15) is 58.4 Å². The van der Waals surface area contributed by atoms with Crippen LogP contribution in [0.3, 0.4) is 0 Å². The maximum atomic E-state index is 11.9. The van der Waals surface area contributed by atoms with Crippen molar-refractivity contribution in [2.24, 2.45) is 0 Å². The summed E-state index contributed by atoms with van der Waals surface area (Å²) in [5, 5.41) is 62.2. The van der Waals surface area contributed by atoms with E-state index in [4.69, 9.17) is 10.5 Å². The maximum Gasteiger partial charge on any atom is 4.00 e. The molecule has 0 aromatic heterocycles. The summed E-state index contributed by atoms with van der Waals surface area (Å²) in [7, 11) is 8.06. The van der Waals surface area contributed by atoms with E-state index in [1.165, 1.54) is 13.8 Å². The molecular formula is C44H58N6O6V2. The summed E-state index contributed by atoms with van der Waals surface area (Å²) in [6.07, 6.45) is 0. The molecule has 0 amide bonds. The molecule has 0 N–H and O–H groups in total. The van der Waals surface area contributed by atoms with Gasteiger partial charge in [0.25, 0.3) is 0 Å². The topological polar surface area (TPSA) is 210 Å². The Morgan fingerprint density at radius 1 is 0.414 bits per heavy atom. The van der Waals surface area contributed by atoms with Crippen LogP contribution in [0.2, 0.25) is 0 Å².